The highest BCUT2D eigenvalue weighted by Gasteiger charge is 2.25. The molecule has 1 fully saturated rings. The third-order valence-electron chi connectivity index (χ3n) is 9.45. The number of H-pyrrole nitrogens is 1. The standard InChI is InChI=1S/C41H41ClFN7O4/c1-24(40(52)54-41(2,3)4)44-39(51)28-12-17-32(26-13-18-34(43)33(42)21-26)29(20-28)23-53-31-15-10-25(11-16-31)38-45-35-22-27(37-46-48-49-47-37)14-19-36(35)50(38)30-8-6-5-7-9-30/h10-22,24,30H,5-9,23H2,1-4H3,(H,44,51)(H,46,47,48,49). The van der Waals surface area contributed by atoms with Gasteiger partial charge < -0.3 is 19.4 Å². The highest BCUT2D eigenvalue weighted by molar-refractivity contribution is 6.31. The Labute approximate surface area is 317 Å². The van der Waals surface area contributed by atoms with Crippen LogP contribution >= 0.6 is 11.6 Å². The van der Waals surface area contributed by atoms with Gasteiger partial charge in [0.15, 0.2) is 0 Å². The van der Waals surface area contributed by atoms with Crippen LogP contribution in [0.3, 0.4) is 0 Å². The average molecular weight is 750 g/mol. The van der Waals surface area contributed by atoms with Crippen LogP contribution in [0.25, 0.3) is 44.9 Å². The molecule has 278 valence electrons. The summed E-state index contributed by atoms with van der Waals surface area (Å²) < 4.78 is 28.2. The van der Waals surface area contributed by atoms with Crippen molar-refractivity contribution >= 4 is 34.5 Å². The number of ether oxygens (including phenoxy) is 2. The number of nitrogens with one attached hydrogen (secondary N) is 2. The van der Waals surface area contributed by atoms with Gasteiger partial charge in [-0.25, -0.2) is 14.2 Å². The van der Waals surface area contributed by atoms with E-state index >= 15 is 0 Å². The number of imidazole rings is 1. The second-order valence-corrected chi connectivity index (χ2v) is 15.0. The van der Waals surface area contributed by atoms with Crippen LogP contribution in [0.15, 0.2) is 78.9 Å². The highest BCUT2D eigenvalue weighted by Crippen LogP contribution is 2.37. The van der Waals surface area contributed by atoms with E-state index in [1.54, 1.807) is 58.0 Å². The lowest BCUT2D eigenvalue weighted by molar-refractivity contribution is -0.156. The quantitative estimate of drug-likeness (QED) is 0.133. The van der Waals surface area contributed by atoms with E-state index in [9.17, 15) is 14.0 Å². The number of benzene rings is 4. The van der Waals surface area contributed by atoms with E-state index in [1.165, 1.54) is 25.3 Å². The Balaban J connectivity index is 1.16. The van der Waals surface area contributed by atoms with E-state index in [2.05, 4.69) is 36.6 Å². The molecule has 2 N–H and O–H groups in total. The number of hydrogen-bond donors (Lipinski definition) is 2. The van der Waals surface area contributed by atoms with Gasteiger partial charge in [-0.1, -0.05) is 43.0 Å². The largest absolute Gasteiger partial charge is 0.489 e. The number of carbonyl (C=O) groups excluding carboxylic acids is 2. The number of nitrogens with zero attached hydrogens (tertiary/aromatic N) is 5. The van der Waals surface area contributed by atoms with Crippen molar-refractivity contribution in [3.8, 4) is 39.7 Å². The summed E-state index contributed by atoms with van der Waals surface area (Å²) in [7, 11) is 0. The van der Waals surface area contributed by atoms with Crippen LogP contribution in [0.1, 0.15) is 81.8 Å². The third kappa shape index (κ3) is 8.13. The summed E-state index contributed by atoms with van der Waals surface area (Å²) in [6.07, 6.45) is 5.77. The summed E-state index contributed by atoms with van der Waals surface area (Å²) in [5.41, 5.74) is 5.36. The molecule has 0 aliphatic heterocycles. The van der Waals surface area contributed by atoms with Gasteiger partial charge in [-0.05, 0) is 129 Å². The van der Waals surface area contributed by atoms with Crippen molar-refractivity contribution in [1.29, 1.82) is 0 Å². The van der Waals surface area contributed by atoms with Crippen LogP contribution in [-0.2, 0) is 16.1 Å². The molecule has 0 spiro atoms. The maximum Gasteiger partial charge on any atom is 0.328 e. The molecule has 7 rings (SSSR count). The second-order valence-electron chi connectivity index (χ2n) is 14.6. The minimum absolute atomic E-state index is 0.0201. The molecule has 1 atom stereocenters. The van der Waals surface area contributed by atoms with Gasteiger partial charge >= 0.3 is 5.97 Å². The zero-order valence-corrected chi connectivity index (χ0v) is 31.3. The number of amides is 1. The lowest BCUT2D eigenvalue weighted by Gasteiger charge is -2.25. The predicted molar refractivity (Wildman–Crippen MR) is 204 cm³/mol. The summed E-state index contributed by atoms with van der Waals surface area (Å²) in [5, 5.41) is 17.2. The Morgan fingerprint density at radius 2 is 1.70 bits per heavy atom. The summed E-state index contributed by atoms with van der Waals surface area (Å²) in [5.74, 6) is 0.476. The Kier molecular flexibility index (Phi) is 10.5. The lowest BCUT2D eigenvalue weighted by Crippen LogP contribution is -2.42. The molecule has 54 heavy (non-hydrogen) atoms. The van der Waals surface area contributed by atoms with Crippen LogP contribution in [0.2, 0.25) is 5.02 Å². The summed E-state index contributed by atoms with van der Waals surface area (Å²) >= 11 is 6.16. The molecular formula is C41H41ClFN7O4. The van der Waals surface area contributed by atoms with E-state index in [4.69, 9.17) is 26.1 Å². The fourth-order valence-electron chi connectivity index (χ4n) is 6.82. The molecule has 2 aromatic heterocycles. The van der Waals surface area contributed by atoms with Gasteiger partial charge in [0.1, 0.15) is 35.6 Å². The summed E-state index contributed by atoms with van der Waals surface area (Å²) in [6, 6.07) is 22.9. The summed E-state index contributed by atoms with van der Waals surface area (Å²) in [6.45, 7) is 6.96. The first-order valence-corrected chi connectivity index (χ1v) is 18.4. The Morgan fingerprint density at radius 3 is 2.41 bits per heavy atom. The van der Waals surface area contributed by atoms with Crippen LogP contribution < -0.4 is 10.1 Å². The fourth-order valence-corrected chi connectivity index (χ4v) is 7.01. The highest BCUT2D eigenvalue weighted by atomic mass is 35.5. The number of tetrazole rings is 1. The van der Waals surface area contributed by atoms with Gasteiger partial charge in [0, 0.05) is 22.7 Å². The topological polar surface area (TPSA) is 137 Å². The number of carbonyl (C=O) groups is 2. The van der Waals surface area contributed by atoms with Crippen molar-refractivity contribution < 1.29 is 23.5 Å². The number of halogens is 2. The van der Waals surface area contributed by atoms with Crippen molar-refractivity contribution in [2.45, 2.75) is 84.1 Å². The molecule has 1 unspecified atom stereocenters. The first kappa shape index (κ1) is 36.7. The molecule has 1 aliphatic carbocycles. The van der Waals surface area contributed by atoms with Gasteiger partial charge in [-0.15, -0.1) is 10.2 Å². The van der Waals surface area contributed by atoms with Crippen molar-refractivity contribution in [2.24, 2.45) is 0 Å². The number of hydrogen-bond acceptors (Lipinski definition) is 8. The first-order valence-electron chi connectivity index (χ1n) is 18.0. The maximum atomic E-state index is 14.1. The molecule has 13 heteroatoms. The van der Waals surface area contributed by atoms with Gasteiger partial charge in [0.25, 0.3) is 5.91 Å². The van der Waals surface area contributed by atoms with Crippen molar-refractivity contribution in [3.63, 3.8) is 0 Å². The molecular weight excluding hydrogens is 709 g/mol. The normalized spacial score (nSPS) is 14.2. The number of esters is 1. The van der Waals surface area contributed by atoms with Gasteiger partial charge in [-0.3, -0.25) is 4.79 Å². The SMILES string of the molecule is CC(NC(=O)c1ccc(-c2ccc(F)c(Cl)c2)c(COc2ccc(-c3nc4cc(-c5nn[nH]n5)ccc4n3C3CCCCC3)cc2)c1)C(=O)OC(C)(C)C. The molecule has 2 heterocycles. The van der Waals surface area contributed by atoms with E-state index in [-0.39, 0.29) is 11.6 Å². The lowest BCUT2D eigenvalue weighted by atomic mass is 9.95. The van der Waals surface area contributed by atoms with Crippen LogP contribution in [0.4, 0.5) is 4.39 Å². The molecule has 1 aliphatic rings. The zero-order valence-electron chi connectivity index (χ0n) is 30.5. The van der Waals surface area contributed by atoms with Gasteiger partial charge in [0.05, 0.1) is 16.1 Å². The van der Waals surface area contributed by atoms with Crippen LogP contribution in [-0.4, -0.2) is 53.7 Å². The Morgan fingerprint density at radius 1 is 0.963 bits per heavy atom. The average Bonchev–Trinajstić information content (AvgIpc) is 3.84. The zero-order chi connectivity index (χ0) is 38.0. The Bertz CT molecular complexity index is 2300. The van der Waals surface area contributed by atoms with Crippen molar-refractivity contribution in [2.75, 3.05) is 0 Å². The molecule has 0 bridgehead atoms. The molecule has 0 saturated heterocycles. The van der Waals surface area contributed by atoms with Crippen molar-refractivity contribution in [3.05, 3.63) is 101 Å². The minimum atomic E-state index is -0.871. The predicted octanol–water partition coefficient (Wildman–Crippen LogP) is 8.89. The number of aromatic amines is 1. The van der Waals surface area contributed by atoms with Crippen LogP contribution in [0.5, 0.6) is 5.75 Å². The van der Waals surface area contributed by atoms with Gasteiger partial charge in [0.2, 0.25) is 5.82 Å². The van der Waals surface area contributed by atoms with E-state index in [0.29, 0.717) is 39.9 Å². The van der Waals surface area contributed by atoms with Crippen molar-refractivity contribution in [1.82, 2.24) is 35.5 Å². The molecule has 6 aromatic rings. The maximum absolute atomic E-state index is 14.1. The van der Waals surface area contributed by atoms with E-state index in [0.717, 1.165) is 40.8 Å². The van der Waals surface area contributed by atoms with E-state index < -0.39 is 29.3 Å². The van der Waals surface area contributed by atoms with Crippen LogP contribution in [0, 0.1) is 5.82 Å². The number of aromatic nitrogens is 6. The minimum Gasteiger partial charge on any atom is -0.489 e. The molecule has 0 radical (unpaired) electrons. The molecule has 1 saturated carbocycles. The second kappa shape index (κ2) is 15.4. The number of rotatable bonds is 10. The van der Waals surface area contributed by atoms with Gasteiger partial charge in [-0.2, -0.15) is 5.21 Å². The number of fused-ring (bicyclic) bond motifs is 1. The Hall–Kier alpha value is -5.62. The third-order valence-corrected chi connectivity index (χ3v) is 9.74. The molecule has 11 nitrogen and oxygen atoms in total. The van der Waals surface area contributed by atoms with E-state index in [1.807, 2.05) is 36.4 Å². The first-order chi connectivity index (χ1) is 25.9. The summed E-state index contributed by atoms with van der Waals surface area (Å²) in [4.78, 5) is 31.0. The monoisotopic (exact) mass is 749 g/mol. The molecule has 4 aromatic carbocycles. The smallest absolute Gasteiger partial charge is 0.328 e. The molecule has 1 amide bonds. The fraction of sp³-hybridized carbons (Fsp3) is 0.317.